The Labute approximate surface area is 198 Å². The molecule has 0 aromatic rings. The van der Waals surface area contributed by atoms with Gasteiger partial charge in [0.1, 0.15) is 25.3 Å². The molecular weight excluding hydrogens is 484 g/mol. The number of ether oxygens (including phenoxy) is 1. The number of hydrogen-bond donors (Lipinski definition) is 3. The second kappa shape index (κ2) is 12.7. The van der Waals surface area contributed by atoms with Crippen molar-refractivity contribution in [3.8, 4) is 0 Å². The molecule has 0 saturated carbocycles. The maximum atomic E-state index is 12.0. The van der Waals surface area contributed by atoms with Crippen LogP contribution >= 0.6 is 12.4 Å². The van der Waals surface area contributed by atoms with Crippen LogP contribution in [0, 0.1) is 0 Å². The van der Waals surface area contributed by atoms with E-state index >= 15 is 0 Å². The summed E-state index contributed by atoms with van der Waals surface area (Å²) in [5, 5.41) is 22.5. The number of aliphatic hydroxyl groups is 2. The molecule has 3 N–H and O–H groups in total. The maximum Gasteiger partial charge on any atom is 0.410 e. The Morgan fingerprint density at radius 2 is 1.56 bits per heavy atom. The molecule has 2 rings (SSSR count). The molecular formula is C19H39ClN2O8S2. The van der Waals surface area contributed by atoms with Crippen LogP contribution in [-0.4, -0.2) is 105 Å². The van der Waals surface area contributed by atoms with E-state index in [1.165, 1.54) is 4.90 Å². The van der Waals surface area contributed by atoms with Crippen molar-refractivity contribution in [3.05, 3.63) is 0 Å². The van der Waals surface area contributed by atoms with E-state index in [2.05, 4.69) is 5.32 Å². The van der Waals surface area contributed by atoms with Gasteiger partial charge in [0.25, 0.3) is 0 Å². The number of likely N-dealkylation sites (tertiary alicyclic amines) is 1. The minimum atomic E-state index is -3.27. The van der Waals surface area contributed by atoms with Gasteiger partial charge < -0.3 is 25.2 Å². The van der Waals surface area contributed by atoms with E-state index < -0.39 is 49.6 Å². The molecule has 13 heteroatoms. The fourth-order valence-corrected chi connectivity index (χ4v) is 5.32. The first kappa shape index (κ1) is 31.3. The number of rotatable bonds is 6. The molecule has 2 unspecified atom stereocenters. The fraction of sp³-hybridized carbons (Fsp3) is 0.947. The van der Waals surface area contributed by atoms with E-state index in [9.17, 15) is 31.8 Å². The van der Waals surface area contributed by atoms with Gasteiger partial charge in [-0.25, -0.2) is 21.6 Å². The van der Waals surface area contributed by atoms with Gasteiger partial charge >= 0.3 is 6.09 Å². The summed E-state index contributed by atoms with van der Waals surface area (Å²) < 4.78 is 49.3. The molecule has 2 saturated heterocycles. The molecule has 2 heterocycles. The van der Waals surface area contributed by atoms with E-state index in [1.54, 1.807) is 20.8 Å². The highest BCUT2D eigenvalue weighted by Crippen LogP contribution is 2.23. The van der Waals surface area contributed by atoms with Gasteiger partial charge in [-0.05, 0) is 53.0 Å². The topological polar surface area (TPSA) is 150 Å². The van der Waals surface area contributed by atoms with Crippen molar-refractivity contribution in [1.82, 2.24) is 10.2 Å². The van der Waals surface area contributed by atoms with Crippen LogP contribution < -0.4 is 5.32 Å². The minimum absolute atomic E-state index is 0. The summed E-state index contributed by atoms with van der Waals surface area (Å²) in [7, 11) is -6.32. The summed E-state index contributed by atoms with van der Waals surface area (Å²) in [5.74, 6) is -0.471. The highest BCUT2D eigenvalue weighted by Gasteiger charge is 2.37. The Hall–Kier alpha value is -0.660. The van der Waals surface area contributed by atoms with Crippen LogP contribution in [0.2, 0.25) is 0 Å². The number of carbonyl (C=O) groups excluding carboxylic acids is 1. The van der Waals surface area contributed by atoms with Gasteiger partial charge in [-0.2, -0.15) is 0 Å². The van der Waals surface area contributed by atoms with Gasteiger partial charge in [-0.15, -0.1) is 12.4 Å². The van der Waals surface area contributed by atoms with Gasteiger partial charge in [-0.1, -0.05) is 0 Å². The zero-order valence-electron chi connectivity index (χ0n) is 19.5. The van der Waals surface area contributed by atoms with Crippen LogP contribution in [0.3, 0.4) is 0 Å². The SMILES string of the molecule is CC(C)(C)OC(=O)N1CCC[C@H]1C(O)CS(C)(=O)=O.CS(=O)(=O)CC(O)[C@@H]1CCCN1.Cl. The van der Waals surface area contributed by atoms with Crippen molar-refractivity contribution in [2.45, 2.75) is 76.3 Å². The molecule has 10 nitrogen and oxygen atoms in total. The number of nitrogens with one attached hydrogen (secondary N) is 1. The second-order valence-corrected chi connectivity index (χ2v) is 13.8. The van der Waals surface area contributed by atoms with Crippen molar-refractivity contribution in [2.24, 2.45) is 0 Å². The lowest BCUT2D eigenvalue weighted by Crippen LogP contribution is -2.47. The highest BCUT2D eigenvalue weighted by molar-refractivity contribution is 7.90. The van der Waals surface area contributed by atoms with E-state index in [4.69, 9.17) is 4.74 Å². The summed E-state index contributed by atoms with van der Waals surface area (Å²) in [5.41, 5.74) is -0.605. The third-order valence-corrected chi connectivity index (χ3v) is 6.78. The molecule has 0 aromatic carbocycles. The Balaban J connectivity index is 0.000000639. The third kappa shape index (κ3) is 12.5. The summed E-state index contributed by atoms with van der Waals surface area (Å²) in [6.45, 7) is 6.67. The van der Waals surface area contributed by atoms with Gasteiger partial charge in [-0.3, -0.25) is 0 Å². The first-order chi connectivity index (χ1) is 14.0. The van der Waals surface area contributed by atoms with Gasteiger partial charge in [0.05, 0.1) is 29.8 Å². The fourth-order valence-electron chi connectivity index (χ4n) is 3.63. The van der Waals surface area contributed by atoms with Crippen LogP contribution in [-0.2, 0) is 24.4 Å². The summed E-state index contributed by atoms with van der Waals surface area (Å²) in [6.07, 6.45) is 3.13. The lowest BCUT2D eigenvalue weighted by atomic mass is 10.1. The minimum Gasteiger partial charge on any atom is -0.444 e. The van der Waals surface area contributed by atoms with Crippen LogP contribution in [0.1, 0.15) is 46.5 Å². The zero-order valence-corrected chi connectivity index (χ0v) is 21.9. The number of sulfone groups is 2. The number of amides is 1. The van der Waals surface area contributed by atoms with Crippen molar-refractivity contribution >= 4 is 38.2 Å². The van der Waals surface area contributed by atoms with Crippen LogP contribution in [0.15, 0.2) is 0 Å². The lowest BCUT2D eigenvalue weighted by Gasteiger charge is -2.30. The molecule has 0 spiro atoms. The molecule has 2 aliphatic heterocycles. The van der Waals surface area contributed by atoms with Crippen molar-refractivity contribution in [3.63, 3.8) is 0 Å². The molecule has 4 atom stereocenters. The first-order valence-electron chi connectivity index (χ1n) is 10.4. The van der Waals surface area contributed by atoms with Crippen LogP contribution in [0.4, 0.5) is 4.79 Å². The zero-order chi connectivity index (χ0) is 24.0. The first-order valence-corrected chi connectivity index (χ1v) is 14.6. The van der Waals surface area contributed by atoms with E-state index in [0.717, 1.165) is 38.3 Å². The predicted molar refractivity (Wildman–Crippen MR) is 126 cm³/mol. The normalized spacial score (nSPS) is 23.5. The maximum absolute atomic E-state index is 12.0. The summed E-state index contributed by atoms with van der Waals surface area (Å²) in [6, 6.07) is -0.510. The highest BCUT2D eigenvalue weighted by atomic mass is 35.5. The van der Waals surface area contributed by atoms with E-state index in [-0.39, 0.29) is 30.0 Å². The monoisotopic (exact) mass is 522 g/mol. The molecule has 0 aliphatic carbocycles. The Kier molecular flexibility index (Phi) is 12.4. The lowest BCUT2D eigenvalue weighted by molar-refractivity contribution is 0.00842. The van der Waals surface area contributed by atoms with Gasteiger partial charge in [0, 0.05) is 25.1 Å². The Morgan fingerprint density at radius 1 is 1.03 bits per heavy atom. The van der Waals surface area contributed by atoms with E-state index in [1.807, 2.05) is 0 Å². The molecule has 2 fully saturated rings. The number of aliphatic hydroxyl groups excluding tert-OH is 2. The second-order valence-electron chi connectivity index (χ2n) is 9.41. The average Bonchev–Trinajstić information content (AvgIpc) is 3.23. The Bertz CT molecular complexity index is 793. The number of carbonyl (C=O) groups is 1. The largest absolute Gasteiger partial charge is 0.444 e. The molecule has 0 aromatic heterocycles. The van der Waals surface area contributed by atoms with Crippen LogP contribution in [0.5, 0.6) is 0 Å². The quantitative estimate of drug-likeness (QED) is 0.449. The molecule has 192 valence electrons. The average molecular weight is 523 g/mol. The summed E-state index contributed by atoms with van der Waals surface area (Å²) in [4.78, 5) is 13.4. The van der Waals surface area contributed by atoms with Crippen molar-refractivity contribution in [2.75, 3.05) is 37.1 Å². The smallest absolute Gasteiger partial charge is 0.410 e. The van der Waals surface area contributed by atoms with Crippen molar-refractivity contribution < 1.29 is 36.6 Å². The number of halogens is 1. The molecule has 0 radical (unpaired) electrons. The third-order valence-electron chi connectivity index (χ3n) is 4.88. The standard InChI is InChI=1S/C12H23NO5S.C7H15NO3S.ClH/c1-12(2,3)18-11(15)13-7-5-6-9(13)10(14)8-19(4,16)17;1-12(10,11)5-7(9)6-3-2-4-8-6;/h9-10,14H,5-8H2,1-4H3;6-9H,2-5H2,1H3;1H/t9-,10?;6-,7?;/m00./s1. The number of nitrogens with zero attached hydrogens (tertiary/aromatic N) is 1. The predicted octanol–water partition coefficient (Wildman–Crippen LogP) is 0.357. The van der Waals surface area contributed by atoms with Crippen LogP contribution in [0.25, 0.3) is 0 Å². The number of hydrogen-bond acceptors (Lipinski definition) is 9. The van der Waals surface area contributed by atoms with Gasteiger partial charge in [0.15, 0.2) is 0 Å². The molecule has 2 aliphatic rings. The van der Waals surface area contributed by atoms with E-state index in [0.29, 0.717) is 13.0 Å². The molecule has 0 bridgehead atoms. The molecule has 32 heavy (non-hydrogen) atoms. The van der Waals surface area contributed by atoms with Gasteiger partial charge in [0.2, 0.25) is 0 Å². The molecule has 1 amide bonds. The summed E-state index contributed by atoms with van der Waals surface area (Å²) >= 11 is 0. The Morgan fingerprint density at radius 3 is 2.00 bits per heavy atom. The van der Waals surface area contributed by atoms with Crippen molar-refractivity contribution in [1.29, 1.82) is 0 Å².